The summed E-state index contributed by atoms with van der Waals surface area (Å²) < 4.78 is 7.57. The molecule has 0 aliphatic carbocycles. The van der Waals surface area contributed by atoms with Gasteiger partial charge in [0, 0.05) is 24.6 Å². The van der Waals surface area contributed by atoms with Crippen LogP contribution in [0.3, 0.4) is 0 Å². The number of nitrogens with zero attached hydrogens (tertiary/aromatic N) is 3. The van der Waals surface area contributed by atoms with E-state index in [4.69, 9.17) is 4.74 Å². The highest BCUT2D eigenvalue weighted by Gasteiger charge is 2.37. The quantitative estimate of drug-likeness (QED) is 0.927. The maximum Gasteiger partial charge on any atom is 0.251 e. The number of rotatable bonds is 4. The molecule has 1 N–H and O–H groups in total. The molecular weight excluding hydrogens is 316 g/mol. The summed E-state index contributed by atoms with van der Waals surface area (Å²) in [7, 11) is 0. The van der Waals surface area contributed by atoms with Crippen LogP contribution in [0.1, 0.15) is 43.1 Å². The molecule has 1 aromatic heterocycles. The van der Waals surface area contributed by atoms with E-state index in [1.807, 2.05) is 25.1 Å². The van der Waals surface area contributed by atoms with Crippen molar-refractivity contribution in [3.8, 4) is 5.69 Å². The van der Waals surface area contributed by atoms with Crippen molar-refractivity contribution in [1.29, 1.82) is 0 Å². The normalized spacial score (nSPS) is 20.6. The van der Waals surface area contributed by atoms with Gasteiger partial charge in [-0.05, 0) is 42.5 Å². The molecule has 2 atom stereocenters. The van der Waals surface area contributed by atoms with Crippen molar-refractivity contribution in [2.24, 2.45) is 11.3 Å². The zero-order valence-corrected chi connectivity index (χ0v) is 15.3. The van der Waals surface area contributed by atoms with Gasteiger partial charge in [0.05, 0.1) is 11.8 Å². The molecule has 2 heterocycles. The second kappa shape index (κ2) is 6.96. The Kier molecular flexibility index (Phi) is 4.90. The van der Waals surface area contributed by atoms with E-state index < -0.39 is 0 Å². The fourth-order valence-corrected chi connectivity index (χ4v) is 3.51. The number of benzene rings is 1. The Hall–Kier alpha value is -2.21. The molecule has 0 radical (unpaired) electrons. The Morgan fingerprint density at radius 3 is 2.84 bits per heavy atom. The molecule has 2 aromatic rings. The highest BCUT2D eigenvalue weighted by atomic mass is 16.5. The van der Waals surface area contributed by atoms with Gasteiger partial charge < -0.3 is 10.1 Å². The van der Waals surface area contributed by atoms with Crippen LogP contribution >= 0.6 is 0 Å². The molecule has 6 nitrogen and oxygen atoms in total. The van der Waals surface area contributed by atoms with Crippen molar-refractivity contribution in [2.45, 2.75) is 40.2 Å². The smallest absolute Gasteiger partial charge is 0.251 e. The lowest BCUT2D eigenvalue weighted by molar-refractivity contribution is 0.00737. The molecule has 0 bridgehead atoms. The molecule has 134 valence electrons. The Morgan fingerprint density at radius 1 is 1.40 bits per heavy atom. The van der Waals surface area contributed by atoms with Crippen molar-refractivity contribution in [1.82, 2.24) is 20.1 Å². The summed E-state index contributed by atoms with van der Waals surface area (Å²) in [5.41, 5.74) is 2.65. The van der Waals surface area contributed by atoms with Gasteiger partial charge >= 0.3 is 0 Å². The van der Waals surface area contributed by atoms with Crippen molar-refractivity contribution in [2.75, 3.05) is 13.2 Å². The van der Waals surface area contributed by atoms with E-state index in [0.717, 1.165) is 24.3 Å². The Morgan fingerprint density at radius 2 is 2.20 bits per heavy atom. The van der Waals surface area contributed by atoms with E-state index in [0.29, 0.717) is 18.0 Å². The van der Waals surface area contributed by atoms with Crippen LogP contribution in [0.25, 0.3) is 5.69 Å². The molecule has 1 amide bonds. The monoisotopic (exact) mass is 342 g/mol. The van der Waals surface area contributed by atoms with Crippen LogP contribution in [0.2, 0.25) is 0 Å². The number of hydrogen-bond acceptors (Lipinski definition) is 4. The lowest BCUT2D eigenvalue weighted by Gasteiger charge is -2.31. The largest absolute Gasteiger partial charge is 0.377 e. The van der Waals surface area contributed by atoms with Crippen molar-refractivity contribution in [3.05, 3.63) is 42.0 Å². The van der Waals surface area contributed by atoms with Gasteiger partial charge in [-0.1, -0.05) is 20.8 Å². The third-order valence-corrected chi connectivity index (χ3v) is 4.72. The first-order valence-electron chi connectivity index (χ1n) is 8.71. The van der Waals surface area contributed by atoms with Crippen molar-refractivity contribution < 1.29 is 9.53 Å². The highest BCUT2D eigenvalue weighted by Crippen LogP contribution is 2.34. The molecule has 1 aliphatic heterocycles. The molecule has 0 unspecified atom stereocenters. The fourth-order valence-electron chi connectivity index (χ4n) is 3.51. The van der Waals surface area contributed by atoms with E-state index in [-0.39, 0.29) is 17.4 Å². The van der Waals surface area contributed by atoms with E-state index in [1.54, 1.807) is 11.0 Å². The molecule has 3 rings (SSSR count). The number of carbonyl (C=O) groups is 1. The summed E-state index contributed by atoms with van der Waals surface area (Å²) in [6.45, 7) is 9.94. The molecule has 0 saturated carbocycles. The first-order chi connectivity index (χ1) is 11.9. The van der Waals surface area contributed by atoms with Crippen LogP contribution in [0.4, 0.5) is 0 Å². The minimum absolute atomic E-state index is 0.0483. The lowest BCUT2D eigenvalue weighted by Crippen LogP contribution is -2.38. The van der Waals surface area contributed by atoms with Crippen LogP contribution in [0, 0.1) is 18.3 Å². The molecule has 1 aromatic carbocycles. The summed E-state index contributed by atoms with van der Waals surface area (Å²) in [5, 5.41) is 7.20. The number of carbonyl (C=O) groups excluding carboxylic acids is 1. The Balaban J connectivity index is 1.65. The summed E-state index contributed by atoms with van der Waals surface area (Å²) in [4.78, 5) is 16.5. The van der Waals surface area contributed by atoms with E-state index >= 15 is 0 Å². The molecule has 1 fully saturated rings. The standard InChI is InChI=1S/C19H26N4O2/c1-13-9-14(5-6-16(13)23-12-20-11-22-23)18(24)21-10-15-7-8-25-17(15)19(2,3)4/h5-6,9,11-12,15,17H,7-8,10H2,1-4H3,(H,21,24)/t15-,17-/m0/s1. The second-order valence-corrected chi connectivity index (χ2v) is 7.76. The van der Waals surface area contributed by atoms with Gasteiger partial charge in [0.1, 0.15) is 12.7 Å². The number of nitrogens with one attached hydrogen (secondary N) is 1. The van der Waals surface area contributed by atoms with Crippen LogP contribution in [0.15, 0.2) is 30.9 Å². The summed E-state index contributed by atoms with van der Waals surface area (Å²) in [5.74, 6) is 0.312. The first kappa shape index (κ1) is 17.6. The van der Waals surface area contributed by atoms with Gasteiger partial charge in [0.15, 0.2) is 0 Å². The number of ether oxygens (including phenoxy) is 1. The average molecular weight is 342 g/mol. The maximum atomic E-state index is 12.5. The number of aryl methyl sites for hydroxylation is 1. The Labute approximate surface area is 148 Å². The van der Waals surface area contributed by atoms with E-state index in [1.165, 1.54) is 6.33 Å². The predicted octanol–water partition coefficient (Wildman–Crippen LogP) is 2.76. The van der Waals surface area contributed by atoms with Crippen molar-refractivity contribution >= 4 is 5.91 Å². The fraction of sp³-hybridized carbons (Fsp3) is 0.526. The minimum atomic E-state index is -0.0483. The van der Waals surface area contributed by atoms with Gasteiger partial charge in [-0.25, -0.2) is 9.67 Å². The molecule has 1 saturated heterocycles. The predicted molar refractivity (Wildman–Crippen MR) is 95.7 cm³/mol. The summed E-state index contributed by atoms with van der Waals surface area (Å²) in [6, 6.07) is 5.61. The van der Waals surface area contributed by atoms with Crippen LogP contribution in [-0.4, -0.2) is 39.9 Å². The van der Waals surface area contributed by atoms with Crippen LogP contribution in [-0.2, 0) is 4.74 Å². The third-order valence-electron chi connectivity index (χ3n) is 4.72. The maximum absolute atomic E-state index is 12.5. The zero-order valence-electron chi connectivity index (χ0n) is 15.3. The molecule has 1 aliphatic rings. The van der Waals surface area contributed by atoms with Gasteiger partial charge in [-0.3, -0.25) is 4.79 Å². The average Bonchev–Trinajstić information content (AvgIpc) is 3.23. The number of aromatic nitrogens is 3. The molecular formula is C19H26N4O2. The third kappa shape index (κ3) is 3.90. The van der Waals surface area contributed by atoms with Gasteiger partial charge in [-0.2, -0.15) is 5.10 Å². The van der Waals surface area contributed by atoms with E-state index in [9.17, 15) is 4.79 Å². The SMILES string of the molecule is Cc1cc(C(=O)NC[C@@H]2CCO[C@@H]2C(C)(C)C)ccc1-n1cncn1. The second-order valence-electron chi connectivity index (χ2n) is 7.76. The van der Waals surface area contributed by atoms with Gasteiger partial charge in [0.25, 0.3) is 5.91 Å². The molecule has 25 heavy (non-hydrogen) atoms. The van der Waals surface area contributed by atoms with E-state index in [2.05, 4.69) is 36.2 Å². The number of amides is 1. The van der Waals surface area contributed by atoms with Crippen LogP contribution < -0.4 is 5.32 Å². The lowest BCUT2D eigenvalue weighted by atomic mass is 9.81. The molecule has 6 heteroatoms. The van der Waals surface area contributed by atoms with Crippen LogP contribution in [0.5, 0.6) is 0 Å². The zero-order chi connectivity index (χ0) is 18.0. The highest BCUT2D eigenvalue weighted by molar-refractivity contribution is 5.94. The summed E-state index contributed by atoms with van der Waals surface area (Å²) >= 11 is 0. The molecule has 0 spiro atoms. The summed E-state index contributed by atoms with van der Waals surface area (Å²) in [6.07, 6.45) is 4.32. The Bertz CT molecular complexity index is 734. The van der Waals surface area contributed by atoms with Gasteiger partial charge in [-0.15, -0.1) is 0 Å². The first-order valence-corrected chi connectivity index (χ1v) is 8.71. The minimum Gasteiger partial charge on any atom is -0.377 e. The topological polar surface area (TPSA) is 69.0 Å². The van der Waals surface area contributed by atoms with Crippen molar-refractivity contribution in [3.63, 3.8) is 0 Å². The number of hydrogen-bond donors (Lipinski definition) is 1. The van der Waals surface area contributed by atoms with Gasteiger partial charge in [0.2, 0.25) is 0 Å².